The Morgan fingerprint density at radius 3 is 2.31 bits per heavy atom. The molecule has 0 aliphatic carbocycles. The van der Waals surface area contributed by atoms with Crippen molar-refractivity contribution < 1.29 is 14.6 Å². The molecule has 0 unspecified atom stereocenters. The zero-order valence-corrected chi connectivity index (χ0v) is 15.1. The predicted molar refractivity (Wildman–Crippen MR) is 104 cm³/mol. The third-order valence-corrected chi connectivity index (χ3v) is 4.47. The van der Waals surface area contributed by atoms with Crippen LogP contribution < -0.4 is 4.74 Å². The first-order valence-corrected chi connectivity index (χ1v) is 8.71. The standard InChI is InChI=1S/C22H19ClO3/c1-15-7-10-19(23)13-18(15)14-21(22(24)25)26-20-11-8-17(9-12-20)16-5-3-2-4-6-16/h2-13,21H,14H2,1H3,(H,24,25)/t21-/m0/s1. The molecule has 0 saturated carbocycles. The van der Waals surface area contributed by atoms with Crippen molar-refractivity contribution in [3.05, 3.63) is 88.9 Å². The molecule has 0 fully saturated rings. The average Bonchev–Trinajstić information content (AvgIpc) is 2.65. The molecule has 0 bridgehead atoms. The van der Waals surface area contributed by atoms with Crippen molar-refractivity contribution in [1.29, 1.82) is 0 Å². The molecule has 0 radical (unpaired) electrons. The largest absolute Gasteiger partial charge is 0.478 e. The van der Waals surface area contributed by atoms with Gasteiger partial charge in [0.2, 0.25) is 0 Å². The molecule has 132 valence electrons. The molecule has 1 atom stereocenters. The summed E-state index contributed by atoms with van der Waals surface area (Å²) in [6.45, 7) is 1.93. The highest BCUT2D eigenvalue weighted by Crippen LogP contribution is 2.24. The normalized spacial score (nSPS) is 11.8. The lowest BCUT2D eigenvalue weighted by Gasteiger charge is -2.17. The van der Waals surface area contributed by atoms with E-state index in [0.717, 1.165) is 22.3 Å². The predicted octanol–water partition coefficient (Wildman–Crippen LogP) is 5.39. The second-order valence-corrected chi connectivity index (χ2v) is 6.55. The van der Waals surface area contributed by atoms with Crippen LogP contribution in [0.25, 0.3) is 11.1 Å². The highest BCUT2D eigenvalue weighted by atomic mass is 35.5. The van der Waals surface area contributed by atoms with Gasteiger partial charge >= 0.3 is 5.97 Å². The summed E-state index contributed by atoms with van der Waals surface area (Å²) in [5.41, 5.74) is 4.01. The highest BCUT2D eigenvalue weighted by molar-refractivity contribution is 6.30. The van der Waals surface area contributed by atoms with Gasteiger partial charge < -0.3 is 9.84 Å². The molecule has 3 aromatic carbocycles. The second kappa shape index (κ2) is 8.07. The molecule has 26 heavy (non-hydrogen) atoms. The van der Waals surface area contributed by atoms with Crippen molar-refractivity contribution >= 4 is 17.6 Å². The van der Waals surface area contributed by atoms with E-state index in [2.05, 4.69) is 0 Å². The van der Waals surface area contributed by atoms with Crippen LogP contribution >= 0.6 is 11.6 Å². The van der Waals surface area contributed by atoms with Gasteiger partial charge in [-0.2, -0.15) is 0 Å². The number of aliphatic carboxylic acids is 1. The summed E-state index contributed by atoms with van der Waals surface area (Å²) in [7, 11) is 0. The lowest BCUT2D eigenvalue weighted by Crippen LogP contribution is -2.29. The Labute approximate surface area is 157 Å². The molecule has 3 rings (SSSR count). The molecule has 0 aliphatic heterocycles. The van der Waals surface area contributed by atoms with Gasteiger partial charge in [-0.15, -0.1) is 0 Å². The fourth-order valence-electron chi connectivity index (χ4n) is 2.76. The van der Waals surface area contributed by atoms with E-state index in [1.54, 1.807) is 24.3 Å². The quantitative estimate of drug-likeness (QED) is 0.636. The molecule has 3 nitrogen and oxygen atoms in total. The molecule has 0 aliphatic rings. The Morgan fingerprint density at radius 1 is 1.00 bits per heavy atom. The smallest absolute Gasteiger partial charge is 0.345 e. The highest BCUT2D eigenvalue weighted by Gasteiger charge is 2.21. The number of benzene rings is 3. The van der Waals surface area contributed by atoms with Gasteiger partial charge in [0.25, 0.3) is 0 Å². The molecule has 4 heteroatoms. The van der Waals surface area contributed by atoms with Gasteiger partial charge in [0.05, 0.1) is 0 Å². The van der Waals surface area contributed by atoms with Crippen molar-refractivity contribution in [1.82, 2.24) is 0 Å². The maximum Gasteiger partial charge on any atom is 0.345 e. The van der Waals surface area contributed by atoms with Crippen LogP contribution in [-0.4, -0.2) is 17.2 Å². The third kappa shape index (κ3) is 4.44. The van der Waals surface area contributed by atoms with Gasteiger partial charge in [0, 0.05) is 11.4 Å². The second-order valence-electron chi connectivity index (χ2n) is 6.11. The Bertz CT molecular complexity index is 889. The Kier molecular flexibility index (Phi) is 5.59. The summed E-state index contributed by atoms with van der Waals surface area (Å²) in [6, 6.07) is 22.9. The minimum absolute atomic E-state index is 0.252. The number of halogens is 1. The Morgan fingerprint density at radius 2 is 1.65 bits per heavy atom. The van der Waals surface area contributed by atoms with E-state index in [1.165, 1.54) is 0 Å². The number of carboxylic acid groups (broad SMARTS) is 1. The van der Waals surface area contributed by atoms with E-state index in [1.807, 2.05) is 55.5 Å². The average molecular weight is 367 g/mol. The fraction of sp³-hybridized carbons (Fsp3) is 0.136. The molecular formula is C22H19ClO3. The summed E-state index contributed by atoms with van der Waals surface area (Å²) in [5.74, 6) is -0.478. The van der Waals surface area contributed by atoms with Gasteiger partial charge in [0.1, 0.15) is 5.75 Å². The van der Waals surface area contributed by atoms with Crippen LogP contribution in [0.15, 0.2) is 72.8 Å². The van der Waals surface area contributed by atoms with Crippen molar-refractivity contribution in [2.24, 2.45) is 0 Å². The van der Waals surface area contributed by atoms with Gasteiger partial charge in [-0.25, -0.2) is 4.79 Å². The summed E-state index contributed by atoms with van der Waals surface area (Å²) in [4.78, 5) is 11.6. The summed E-state index contributed by atoms with van der Waals surface area (Å²) >= 11 is 6.03. The Balaban J connectivity index is 1.76. The van der Waals surface area contributed by atoms with E-state index in [9.17, 15) is 9.90 Å². The van der Waals surface area contributed by atoms with Crippen molar-refractivity contribution in [2.45, 2.75) is 19.4 Å². The fourth-order valence-corrected chi connectivity index (χ4v) is 2.95. The first-order chi connectivity index (χ1) is 12.5. The first kappa shape index (κ1) is 18.0. The molecule has 0 saturated heterocycles. The number of carboxylic acids is 1. The maximum absolute atomic E-state index is 11.6. The van der Waals surface area contributed by atoms with Gasteiger partial charge in [-0.1, -0.05) is 60.1 Å². The van der Waals surface area contributed by atoms with Crippen LogP contribution in [0.3, 0.4) is 0 Å². The summed E-state index contributed by atoms with van der Waals surface area (Å²) in [6.07, 6.45) is -0.725. The van der Waals surface area contributed by atoms with Crippen LogP contribution in [-0.2, 0) is 11.2 Å². The van der Waals surface area contributed by atoms with E-state index < -0.39 is 12.1 Å². The first-order valence-electron chi connectivity index (χ1n) is 8.33. The molecule has 1 N–H and O–H groups in total. The van der Waals surface area contributed by atoms with Crippen LogP contribution in [0.5, 0.6) is 5.75 Å². The van der Waals surface area contributed by atoms with Crippen molar-refractivity contribution in [3.8, 4) is 16.9 Å². The number of ether oxygens (including phenoxy) is 1. The number of hydrogen-bond acceptors (Lipinski definition) is 2. The molecule has 0 heterocycles. The zero-order valence-electron chi connectivity index (χ0n) is 14.4. The van der Waals surface area contributed by atoms with Crippen LogP contribution in [0.4, 0.5) is 0 Å². The lowest BCUT2D eigenvalue weighted by molar-refractivity contribution is -0.145. The molecule has 0 spiro atoms. The van der Waals surface area contributed by atoms with Crippen LogP contribution in [0.1, 0.15) is 11.1 Å². The van der Waals surface area contributed by atoms with E-state index in [0.29, 0.717) is 10.8 Å². The minimum Gasteiger partial charge on any atom is -0.478 e. The monoisotopic (exact) mass is 366 g/mol. The van der Waals surface area contributed by atoms with Crippen molar-refractivity contribution in [3.63, 3.8) is 0 Å². The third-order valence-electron chi connectivity index (χ3n) is 4.23. The number of carbonyl (C=O) groups is 1. The van der Waals surface area contributed by atoms with Crippen LogP contribution in [0.2, 0.25) is 5.02 Å². The van der Waals surface area contributed by atoms with Gasteiger partial charge in [0.15, 0.2) is 6.10 Å². The maximum atomic E-state index is 11.6. The zero-order chi connectivity index (χ0) is 18.5. The summed E-state index contributed by atoms with van der Waals surface area (Å²) < 4.78 is 5.72. The van der Waals surface area contributed by atoms with E-state index in [-0.39, 0.29) is 6.42 Å². The van der Waals surface area contributed by atoms with Gasteiger partial charge in [-0.05, 0) is 53.4 Å². The minimum atomic E-state index is -1.00. The van der Waals surface area contributed by atoms with Crippen LogP contribution in [0, 0.1) is 6.92 Å². The lowest BCUT2D eigenvalue weighted by atomic mass is 10.0. The SMILES string of the molecule is Cc1ccc(Cl)cc1C[C@H](Oc1ccc(-c2ccccc2)cc1)C(=O)O. The Hall–Kier alpha value is -2.78. The summed E-state index contributed by atoms with van der Waals surface area (Å²) in [5, 5.41) is 10.1. The van der Waals surface area contributed by atoms with Crippen molar-refractivity contribution in [2.75, 3.05) is 0 Å². The number of hydrogen-bond donors (Lipinski definition) is 1. The molecule has 0 amide bonds. The topological polar surface area (TPSA) is 46.5 Å². The number of aryl methyl sites for hydroxylation is 1. The molecule has 0 aromatic heterocycles. The van der Waals surface area contributed by atoms with Gasteiger partial charge in [-0.3, -0.25) is 0 Å². The van der Waals surface area contributed by atoms with E-state index >= 15 is 0 Å². The molecular weight excluding hydrogens is 348 g/mol. The molecule has 3 aromatic rings. The van der Waals surface area contributed by atoms with E-state index in [4.69, 9.17) is 16.3 Å². The number of rotatable bonds is 6.